The predicted octanol–water partition coefficient (Wildman–Crippen LogP) is 3.36. The molecule has 6 nitrogen and oxygen atoms in total. The maximum absolute atomic E-state index is 12.8. The molecule has 118 valence electrons. The topological polar surface area (TPSA) is 78.7 Å². The number of nitro groups is 1. The number of nitro benzene ring substituents is 1. The zero-order valence-corrected chi connectivity index (χ0v) is 12.1. The fraction of sp³-hybridized carbons (Fsp3) is 0.0625. The summed E-state index contributed by atoms with van der Waals surface area (Å²) >= 11 is 0. The number of nitrogens with zero attached hydrogens (tertiary/aromatic N) is 1. The molecular weight excluding hydrogens is 305 g/mol. The second-order valence-electron chi connectivity index (χ2n) is 4.40. The van der Waals surface area contributed by atoms with Crippen LogP contribution in [-0.4, -0.2) is 18.0 Å². The number of carbonyl (C=O) groups is 1. The Hall–Kier alpha value is -3.22. The van der Waals surface area contributed by atoms with E-state index in [-0.39, 0.29) is 17.2 Å². The lowest BCUT2D eigenvalue weighted by atomic mass is 10.2. The first-order valence-electron chi connectivity index (χ1n) is 6.47. The van der Waals surface area contributed by atoms with Crippen LogP contribution in [0, 0.1) is 15.9 Å². The summed E-state index contributed by atoms with van der Waals surface area (Å²) in [5.74, 6) is -1.09. The van der Waals surface area contributed by atoms with Gasteiger partial charge in [0.1, 0.15) is 11.6 Å². The molecule has 0 aromatic heterocycles. The van der Waals surface area contributed by atoms with Crippen LogP contribution in [0.1, 0.15) is 5.56 Å². The summed E-state index contributed by atoms with van der Waals surface area (Å²) in [4.78, 5) is 22.1. The smallest absolute Gasteiger partial charge is 0.336 e. The summed E-state index contributed by atoms with van der Waals surface area (Å²) in [5, 5.41) is 11.0. The van der Waals surface area contributed by atoms with Gasteiger partial charge in [0.15, 0.2) is 0 Å². The zero-order chi connectivity index (χ0) is 16.8. The molecular formula is C16H12FNO5. The fourth-order valence-electron chi connectivity index (χ4n) is 1.73. The van der Waals surface area contributed by atoms with Gasteiger partial charge in [-0.25, -0.2) is 9.18 Å². The SMILES string of the molecule is COc1ccc(OC(=O)C=Cc2ccc(F)cc2)c([N+](=O)[O-])c1. The molecule has 0 bridgehead atoms. The highest BCUT2D eigenvalue weighted by Gasteiger charge is 2.18. The summed E-state index contributed by atoms with van der Waals surface area (Å²) in [5.41, 5.74) is 0.209. The third-order valence-electron chi connectivity index (χ3n) is 2.86. The van der Waals surface area contributed by atoms with E-state index in [2.05, 4.69) is 0 Å². The molecule has 0 aliphatic rings. The van der Waals surface area contributed by atoms with Gasteiger partial charge in [-0.2, -0.15) is 0 Å². The molecule has 7 heteroatoms. The van der Waals surface area contributed by atoms with E-state index < -0.39 is 16.7 Å². The Morgan fingerprint density at radius 1 is 1.22 bits per heavy atom. The van der Waals surface area contributed by atoms with Crippen molar-refractivity contribution in [3.05, 3.63) is 70.0 Å². The number of methoxy groups -OCH3 is 1. The van der Waals surface area contributed by atoms with Crippen molar-refractivity contribution in [3.63, 3.8) is 0 Å². The summed E-state index contributed by atoms with van der Waals surface area (Å²) in [6.07, 6.45) is 2.51. The van der Waals surface area contributed by atoms with Crippen LogP contribution in [0.25, 0.3) is 6.08 Å². The largest absolute Gasteiger partial charge is 0.496 e. The number of benzene rings is 2. The molecule has 0 fully saturated rings. The minimum absolute atomic E-state index is 0.190. The lowest BCUT2D eigenvalue weighted by molar-refractivity contribution is -0.385. The highest BCUT2D eigenvalue weighted by atomic mass is 19.1. The summed E-state index contributed by atoms with van der Waals surface area (Å²) in [7, 11) is 1.37. The molecule has 0 aliphatic carbocycles. The number of carbonyl (C=O) groups excluding carboxylic acids is 1. The van der Waals surface area contributed by atoms with E-state index >= 15 is 0 Å². The van der Waals surface area contributed by atoms with Crippen LogP contribution in [0.15, 0.2) is 48.5 Å². The van der Waals surface area contributed by atoms with Crippen LogP contribution in [0.5, 0.6) is 11.5 Å². The monoisotopic (exact) mass is 317 g/mol. The van der Waals surface area contributed by atoms with Crippen molar-refractivity contribution >= 4 is 17.7 Å². The van der Waals surface area contributed by atoms with Crippen LogP contribution in [0.2, 0.25) is 0 Å². The molecule has 2 aromatic rings. The normalized spacial score (nSPS) is 10.5. The number of halogens is 1. The van der Waals surface area contributed by atoms with Gasteiger partial charge in [-0.3, -0.25) is 10.1 Å². The molecule has 0 heterocycles. The van der Waals surface area contributed by atoms with Crippen LogP contribution in [-0.2, 0) is 4.79 Å². The van der Waals surface area contributed by atoms with Crippen molar-refractivity contribution in [2.45, 2.75) is 0 Å². The van der Waals surface area contributed by atoms with Gasteiger partial charge in [0.2, 0.25) is 5.75 Å². The van der Waals surface area contributed by atoms with Crippen molar-refractivity contribution in [1.82, 2.24) is 0 Å². The molecule has 0 saturated heterocycles. The van der Waals surface area contributed by atoms with E-state index in [4.69, 9.17) is 9.47 Å². The molecule has 2 rings (SSSR count). The van der Waals surface area contributed by atoms with Crippen molar-refractivity contribution in [1.29, 1.82) is 0 Å². The third kappa shape index (κ3) is 4.37. The number of ether oxygens (including phenoxy) is 2. The second kappa shape index (κ2) is 7.17. The van der Waals surface area contributed by atoms with Crippen LogP contribution in [0.4, 0.5) is 10.1 Å². The van der Waals surface area contributed by atoms with E-state index in [1.807, 2.05) is 0 Å². The van der Waals surface area contributed by atoms with Gasteiger partial charge in [-0.05, 0) is 35.9 Å². The van der Waals surface area contributed by atoms with Gasteiger partial charge in [0, 0.05) is 6.08 Å². The maximum Gasteiger partial charge on any atom is 0.336 e. The van der Waals surface area contributed by atoms with Crippen molar-refractivity contribution in [2.75, 3.05) is 7.11 Å². The predicted molar refractivity (Wildman–Crippen MR) is 80.7 cm³/mol. The van der Waals surface area contributed by atoms with Crippen LogP contribution < -0.4 is 9.47 Å². The van der Waals surface area contributed by atoms with Crippen molar-refractivity contribution in [2.24, 2.45) is 0 Å². The van der Waals surface area contributed by atoms with E-state index in [0.29, 0.717) is 5.56 Å². The summed E-state index contributed by atoms with van der Waals surface area (Å²) in [6, 6.07) is 9.34. The average Bonchev–Trinajstić information content (AvgIpc) is 2.54. The van der Waals surface area contributed by atoms with Gasteiger partial charge in [-0.15, -0.1) is 0 Å². The molecule has 0 aliphatic heterocycles. The summed E-state index contributed by atoms with van der Waals surface area (Å²) < 4.78 is 22.6. The van der Waals surface area contributed by atoms with Crippen LogP contribution >= 0.6 is 0 Å². The van der Waals surface area contributed by atoms with Crippen molar-refractivity contribution < 1.29 is 23.6 Å². The second-order valence-corrected chi connectivity index (χ2v) is 4.40. The molecule has 0 atom stereocenters. The van der Waals surface area contributed by atoms with E-state index in [9.17, 15) is 19.3 Å². The highest BCUT2D eigenvalue weighted by molar-refractivity contribution is 5.89. The van der Waals surface area contributed by atoms with Gasteiger partial charge < -0.3 is 9.47 Å². The quantitative estimate of drug-likeness (QED) is 0.278. The molecule has 0 unspecified atom stereocenters. The Kier molecular flexibility index (Phi) is 5.03. The lowest BCUT2D eigenvalue weighted by Crippen LogP contribution is -2.06. The molecule has 0 spiro atoms. The first kappa shape index (κ1) is 16.2. The Bertz CT molecular complexity index is 756. The number of hydrogen-bond donors (Lipinski definition) is 0. The van der Waals surface area contributed by atoms with E-state index in [1.54, 1.807) is 0 Å². The molecule has 23 heavy (non-hydrogen) atoms. The third-order valence-corrected chi connectivity index (χ3v) is 2.86. The summed E-state index contributed by atoms with van der Waals surface area (Å²) in [6.45, 7) is 0. The van der Waals surface area contributed by atoms with Gasteiger partial charge in [0.25, 0.3) is 0 Å². The first-order valence-corrected chi connectivity index (χ1v) is 6.47. The Morgan fingerprint density at radius 3 is 2.52 bits per heavy atom. The molecule has 0 saturated carbocycles. The minimum Gasteiger partial charge on any atom is -0.496 e. The van der Waals surface area contributed by atoms with Gasteiger partial charge >= 0.3 is 11.7 Å². The number of hydrogen-bond acceptors (Lipinski definition) is 5. The average molecular weight is 317 g/mol. The fourth-order valence-corrected chi connectivity index (χ4v) is 1.73. The number of rotatable bonds is 5. The lowest BCUT2D eigenvalue weighted by Gasteiger charge is -2.04. The van der Waals surface area contributed by atoms with Crippen molar-refractivity contribution in [3.8, 4) is 11.5 Å². The minimum atomic E-state index is -0.789. The van der Waals surface area contributed by atoms with Gasteiger partial charge in [0.05, 0.1) is 18.1 Å². The Balaban J connectivity index is 2.13. The zero-order valence-electron chi connectivity index (χ0n) is 12.1. The Morgan fingerprint density at radius 2 is 1.91 bits per heavy atom. The van der Waals surface area contributed by atoms with E-state index in [1.165, 1.54) is 49.6 Å². The van der Waals surface area contributed by atoms with Gasteiger partial charge in [-0.1, -0.05) is 12.1 Å². The number of esters is 1. The van der Waals surface area contributed by atoms with E-state index in [0.717, 1.165) is 12.1 Å². The molecule has 0 radical (unpaired) electrons. The maximum atomic E-state index is 12.8. The first-order chi connectivity index (χ1) is 11.0. The van der Waals surface area contributed by atoms with Crippen LogP contribution in [0.3, 0.4) is 0 Å². The molecule has 0 N–H and O–H groups in total. The Labute approximate surface area is 130 Å². The highest BCUT2D eigenvalue weighted by Crippen LogP contribution is 2.31. The molecule has 0 amide bonds. The standard InChI is InChI=1S/C16H12FNO5/c1-22-13-7-8-15(14(10-13)18(20)21)23-16(19)9-4-11-2-5-12(17)6-3-11/h2-10H,1H3. The molecule has 2 aromatic carbocycles.